The number of rotatable bonds is 6. The summed E-state index contributed by atoms with van der Waals surface area (Å²) < 4.78 is 12.0. The molecule has 3 rings (SSSR count). The van der Waals surface area contributed by atoms with Crippen molar-refractivity contribution in [3.05, 3.63) is 64.6 Å². The van der Waals surface area contributed by atoms with E-state index in [2.05, 4.69) is 0 Å². The van der Waals surface area contributed by atoms with Gasteiger partial charge < -0.3 is 9.47 Å². The Morgan fingerprint density at radius 3 is 2.42 bits per heavy atom. The Hall–Kier alpha value is -2.31. The first-order valence-corrected chi connectivity index (χ1v) is 9.39. The van der Waals surface area contributed by atoms with E-state index in [1.54, 1.807) is 7.05 Å². The Kier molecular flexibility index (Phi) is 5.96. The van der Waals surface area contributed by atoms with E-state index in [1.807, 2.05) is 61.5 Å². The van der Waals surface area contributed by atoms with E-state index in [0.29, 0.717) is 22.4 Å². The number of hydrogen-bond acceptors (Lipinski definition) is 5. The Bertz CT molecular complexity index is 846. The van der Waals surface area contributed by atoms with Crippen LogP contribution in [-0.4, -0.2) is 35.4 Å². The number of thiocarbonyl (C=S) groups is 1. The van der Waals surface area contributed by atoms with Crippen molar-refractivity contribution in [1.29, 1.82) is 0 Å². The molecule has 0 aromatic heterocycles. The number of thioether (sulfide) groups is 1. The second kappa shape index (κ2) is 8.38. The van der Waals surface area contributed by atoms with Crippen LogP contribution in [0.2, 0.25) is 0 Å². The summed E-state index contributed by atoms with van der Waals surface area (Å²) in [6.07, 6.45) is 1.83. The number of carbonyl (C=O) groups excluding carboxylic acids is 1. The summed E-state index contributed by atoms with van der Waals surface area (Å²) in [6.45, 7) is 2.94. The third-order valence-electron chi connectivity index (χ3n) is 3.78. The molecule has 1 aliphatic heterocycles. The molecule has 2 aromatic carbocycles. The van der Waals surface area contributed by atoms with Crippen molar-refractivity contribution in [3.8, 4) is 11.5 Å². The Morgan fingerprint density at radius 2 is 1.77 bits per heavy atom. The molecule has 0 N–H and O–H groups in total. The van der Waals surface area contributed by atoms with Gasteiger partial charge in [-0.15, -0.1) is 0 Å². The van der Waals surface area contributed by atoms with Crippen LogP contribution >= 0.6 is 24.0 Å². The highest BCUT2D eigenvalue weighted by Gasteiger charge is 2.28. The summed E-state index contributed by atoms with van der Waals surface area (Å²) in [5.41, 5.74) is 2.10. The van der Waals surface area contributed by atoms with Crippen LogP contribution in [0.4, 0.5) is 0 Å². The average molecular weight is 386 g/mol. The van der Waals surface area contributed by atoms with Crippen LogP contribution in [0.1, 0.15) is 11.1 Å². The molecule has 0 unspecified atom stereocenters. The summed E-state index contributed by atoms with van der Waals surface area (Å²) in [5.74, 6) is 1.49. The van der Waals surface area contributed by atoms with Gasteiger partial charge in [0.15, 0.2) is 0 Å². The molecule has 2 aromatic rings. The first-order valence-electron chi connectivity index (χ1n) is 8.17. The van der Waals surface area contributed by atoms with E-state index < -0.39 is 0 Å². The third kappa shape index (κ3) is 4.65. The maximum absolute atomic E-state index is 12.1. The van der Waals surface area contributed by atoms with Crippen LogP contribution < -0.4 is 9.47 Å². The van der Waals surface area contributed by atoms with Crippen LogP contribution in [-0.2, 0) is 4.79 Å². The molecule has 1 amide bonds. The van der Waals surface area contributed by atoms with E-state index >= 15 is 0 Å². The number of hydrogen-bond donors (Lipinski definition) is 0. The zero-order valence-electron chi connectivity index (χ0n) is 14.6. The van der Waals surface area contributed by atoms with Gasteiger partial charge in [0.25, 0.3) is 5.91 Å². The summed E-state index contributed by atoms with van der Waals surface area (Å²) in [7, 11) is 1.69. The molecular weight excluding hydrogens is 366 g/mol. The summed E-state index contributed by atoms with van der Waals surface area (Å²) in [6, 6.07) is 15.5. The van der Waals surface area contributed by atoms with Gasteiger partial charge in [-0.2, -0.15) is 0 Å². The SMILES string of the molecule is Cc1ccc(OCCOc2cccc(/C=C3\SC(=S)N(C)C3=O)c2)cc1. The second-order valence-electron chi connectivity index (χ2n) is 5.82. The number of amides is 1. The highest BCUT2D eigenvalue weighted by atomic mass is 32.2. The Labute approximate surface area is 162 Å². The standard InChI is InChI=1S/C20H19NO3S2/c1-14-6-8-16(9-7-14)23-10-11-24-17-5-3-4-15(12-17)13-18-19(22)21(2)20(25)26-18/h3-9,12-13H,10-11H2,1-2H3/b18-13-. The molecule has 26 heavy (non-hydrogen) atoms. The quantitative estimate of drug-likeness (QED) is 0.421. The maximum Gasteiger partial charge on any atom is 0.265 e. The van der Waals surface area contributed by atoms with E-state index in [4.69, 9.17) is 21.7 Å². The van der Waals surface area contributed by atoms with E-state index in [-0.39, 0.29) is 5.91 Å². The molecule has 0 bridgehead atoms. The minimum absolute atomic E-state index is 0.0715. The van der Waals surface area contributed by atoms with Gasteiger partial charge in [-0.1, -0.05) is 53.8 Å². The van der Waals surface area contributed by atoms with Crippen molar-refractivity contribution in [2.75, 3.05) is 20.3 Å². The molecular formula is C20H19NO3S2. The fourth-order valence-corrected chi connectivity index (χ4v) is 3.52. The molecule has 1 aliphatic rings. The smallest absolute Gasteiger partial charge is 0.265 e. The lowest BCUT2D eigenvalue weighted by atomic mass is 10.2. The lowest BCUT2D eigenvalue weighted by Crippen LogP contribution is -2.22. The highest BCUT2D eigenvalue weighted by molar-refractivity contribution is 8.26. The van der Waals surface area contributed by atoms with Crippen LogP contribution in [0.3, 0.4) is 0 Å². The van der Waals surface area contributed by atoms with Crippen molar-refractivity contribution in [2.45, 2.75) is 6.92 Å². The minimum Gasteiger partial charge on any atom is -0.490 e. The minimum atomic E-state index is -0.0715. The average Bonchev–Trinajstić information content (AvgIpc) is 2.87. The predicted octanol–water partition coefficient (Wildman–Crippen LogP) is 4.28. The van der Waals surface area contributed by atoms with Crippen LogP contribution in [0.5, 0.6) is 11.5 Å². The van der Waals surface area contributed by atoms with Gasteiger partial charge >= 0.3 is 0 Å². The largest absolute Gasteiger partial charge is 0.490 e. The molecule has 0 spiro atoms. The fourth-order valence-electron chi connectivity index (χ4n) is 2.34. The molecule has 1 saturated heterocycles. The number of benzene rings is 2. The molecule has 0 aliphatic carbocycles. The normalized spacial score (nSPS) is 15.6. The molecule has 1 heterocycles. The monoisotopic (exact) mass is 385 g/mol. The first-order chi connectivity index (χ1) is 12.5. The molecule has 0 radical (unpaired) electrons. The fraction of sp³-hybridized carbons (Fsp3) is 0.200. The van der Waals surface area contributed by atoms with Gasteiger partial charge in [-0.3, -0.25) is 9.69 Å². The van der Waals surface area contributed by atoms with Gasteiger partial charge in [0.2, 0.25) is 0 Å². The van der Waals surface area contributed by atoms with Gasteiger partial charge in [0.05, 0.1) is 4.91 Å². The van der Waals surface area contributed by atoms with Gasteiger partial charge in [-0.05, 0) is 42.8 Å². The number of aryl methyl sites for hydroxylation is 1. The maximum atomic E-state index is 12.1. The summed E-state index contributed by atoms with van der Waals surface area (Å²) >= 11 is 6.46. The zero-order chi connectivity index (χ0) is 18.5. The number of likely N-dealkylation sites (N-methyl/N-ethyl adjacent to an activating group) is 1. The predicted molar refractivity (Wildman–Crippen MR) is 110 cm³/mol. The number of nitrogens with zero attached hydrogens (tertiary/aromatic N) is 1. The summed E-state index contributed by atoms with van der Waals surface area (Å²) in [4.78, 5) is 14.2. The van der Waals surface area contributed by atoms with E-state index in [9.17, 15) is 4.79 Å². The molecule has 0 saturated carbocycles. The number of ether oxygens (including phenoxy) is 2. The van der Waals surface area contributed by atoms with Crippen LogP contribution in [0.15, 0.2) is 53.4 Å². The highest BCUT2D eigenvalue weighted by Crippen LogP contribution is 2.31. The van der Waals surface area contributed by atoms with Crippen molar-refractivity contribution < 1.29 is 14.3 Å². The lowest BCUT2D eigenvalue weighted by Gasteiger charge is -2.09. The van der Waals surface area contributed by atoms with Gasteiger partial charge in [0.1, 0.15) is 29.0 Å². The van der Waals surface area contributed by atoms with Gasteiger partial charge in [-0.25, -0.2) is 0 Å². The van der Waals surface area contributed by atoms with E-state index in [1.165, 1.54) is 22.2 Å². The lowest BCUT2D eigenvalue weighted by molar-refractivity contribution is -0.121. The second-order valence-corrected chi connectivity index (χ2v) is 7.50. The van der Waals surface area contributed by atoms with Crippen LogP contribution in [0, 0.1) is 6.92 Å². The molecule has 4 nitrogen and oxygen atoms in total. The zero-order valence-corrected chi connectivity index (χ0v) is 16.2. The third-order valence-corrected chi connectivity index (χ3v) is 5.27. The van der Waals surface area contributed by atoms with E-state index in [0.717, 1.165) is 17.1 Å². The van der Waals surface area contributed by atoms with Crippen molar-refractivity contribution in [3.63, 3.8) is 0 Å². The van der Waals surface area contributed by atoms with Crippen molar-refractivity contribution in [1.82, 2.24) is 4.90 Å². The molecule has 134 valence electrons. The topological polar surface area (TPSA) is 38.8 Å². The Morgan fingerprint density at radius 1 is 1.08 bits per heavy atom. The van der Waals surface area contributed by atoms with Crippen molar-refractivity contribution >= 4 is 40.3 Å². The van der Waals surface area contributed by atoms with Crippen LogP contribution in [0.25, 0.3) is 6.08 Å². The molecule has 0 atom stereocenters. The number of carbonyl (C=O) groups is 1. The Balaban J connectivity index is 1.55. The first kappa shape index (κ1) is 18.5. The summed E-state index contributed by atoms with van der Waals surface area (Å²) in [5, 5.41) is 0. The van der Waals surface area contributed by atoms with Gasteiger partial charge in [0, 0.05) is 7.05 Å². The molecule has 6 heteroatoms. The molecule has 1 fully saturated rings. The van der Waals surface area contributed by atoms with Crippen molar-refractivity contribution in [2.24, 2.45) is 0 Å².